The maximum Gasteiger partial charge on any atom is 0.269 e. The number of carbonyl (C=O) groups is 1. The lowest BCUT2D eigenvalue weighted by Crippen LogP contribution is -2.23. The first-order chi connectivity index (χ1) is 11.9. The largest absolute Gasteiger partial charge is 0.290 e. The van der Waals surface area contributed by atoms with Gasteiger partial charge in [0.1, 0.15) is 0 Å². The van der Waals surface area contributed by atoms with Crippen LogP contribution in [0.4, 0.5) is 11.4 Å². The van der Waals surface area contributed by atoms with E-state index in [1.165, 1.54) is 28.8 Å². The fraction of sp³-hybridized carbons (Fsp3) is 0.111. The normalized spacial score (nSPS) is 17.5. The van der Waals surface area contributed by atoms with Gasteiger partial charge in [-0.05, 0) is 54.6 Å². The summed E-state index contributed by atoms with van der Waals surface area (Å²) >= 11 is 1.28. The van der Waals surface area contributed by atoms with E-state index < -0.39 is 4.92 Å². The number of non-ortho nitro benzene ring substituents is 1. The van der Waals surface area contributed by atoms with E-state index in [-0.39, 0.29) is 11.6 Å². The highest BCUT2D eigenvalue weighted by Gasteiger charge is 2.30. The molecule has 0 saturated carbocycles. The first-order valence-corrected chi connectivity index (χ1v) is 8.33. The van der Waals surface area contributed by atoms with Crippen LogP contribution in [0.1, 0.15) is 11.1 Å². The van der Waals surface area contributed by atoms with Gasteiger partial charge in [-0.15, -0.1) is 0 Å². The van der Waals surface area contributed by atoms with E-state index in [4.69, 9.17) is 0 Å². The summed E-state index contributed by atoms with van der Waals surface area (Å²) in [4.78, 5) is 29.2. The van der Waals surface area contributed by atoms with E-state index in [0.717, 1.165) is 16.8 Å². The SMILES string of the molecule is Cc1ccc(N=C2S/C(=C\c3ccc([N+](=O)[O-])cc3)C(=O)N2C)cc1. The molecule has 1 aliphatic rings. The van der Waals surface area contributed by atoms with E-state index in [2.05, 4.69) is 4.99 Å². The number of aryl methyl sites for hydroxylation is 1. The van der Waals surface area contributed by atoms with Gasteiger partial charge in [-0.2, -0.15) is 0 Å². The van der Waals surface area contributed by atoms with Gasteiger partial charge >= 0.3 is 0 Å². The molecule has 2 aromatic carbocycles. The Morgan fingerprint density at radius 3 is 2.36 bits per heavy atom. The number of nitro benzene ring substituents is 1. The van der Waals surface area contributed by atoms with Crippen LogP contribution in [0, 0.1) is 17.0 Å². The Morgan fingerprint density at radius 1 is 1.12 bits per heavy atom. The number of likely N-dealkylation sites (N-methyl/N-ethyl adjacent to an activating group) is 1. The summed E-state index contributed by atoms with van der Waals surface area (Å²) in [7, 11) is 1.68. The average molecular weight is 353 g/mol. The molecule has 0 bridgehead atoms. The molecule has 0 radical (unpaired) electrons. The van der Waals surface area contributed by atoms with Crippen LogP contribution in [0.3, 0.4) is 0 Å². The van der Waals surface area contributed by atoms with Crippen LogP contribution >= 0.6 is 11.8 Å². The molecular weight excluding hydrogens is 338 g/mol. The summed E-state index contributed by atoms with van der Waals surface area (Å²) in [5.74, 6) is -0.144. The van der Waals surface area contributed by atoms with Crippen molar-refractivity contribution in [3.8, 4) is 0 Å². The Labute approximate surface area is 149 Å². The standard InChI is InChI=1S/C18H15N3O3S/c1-12-3-7-14(8-4-12)19-18-20(2)17(22)16(25-18)11-13-5-9-15(10-6-13)21(23)24/h3-11H,1-2H3/b16-11-,19-18?. The molecule has 0 unspecified atom stereocenters. The quantitative estimate of drug-likeness (QED) is 0.472. The molecule has 25 heavy (non-hydrogen) atoms. The third-order valence-corrected chi connectivity index (χ3v) is 4.72. The van der Waals surface area contributed by atoms with Gasteiger partial charge in [-0.3, -0.25) is 19.8 Å². The zero-order valence-electron chi connectivity index (χ0n) is 13.7. The van der Waals surface area contributed by atoms with E-state index in [1.807, 2.05) is 31.2 Å². The molecule has 0 atom stereocenters. The highest BCUT2D eigenvalue weighted by Crippen LogP contribution is 2.33. The molecule has 1 amide bonds. The predicted octanol–water partition coefficient (Wildman–Crippen LogP) is 4.14. The van der Waals surface area contributed by atoms with Gasteiger partial charge in [-0.1, -0.05) is 17.7 Å². The molecule has 126 valence electrons. The number of nitro groups is 1. The van der Waals surface area contributed by atoms with Crippen molar-refractivity contribution < 1.29 is 9.72 Å². The molecule has 0 N–H and O–H groups in total. The summed E-state index contributed by atoms with van der Waals surface area (Å²) in [5, 5.41) is 11.3. The molecule has 1 saturated heterocycles. The second-order valence-electron chi connectivity index (χ2n) is 5.55. The van der Waals surface area contributed by atoms with Gasteiger partial charge in [0.25, 0.3) is 11.6 Å². The number of amidine groups is 1. The lowest BCUT2D eigenvalue weighted by molar-refractivity contribution is -0.384. The molecule has 1 fully saturated rings. The Hall–Kier alpha value is -2.93. The van der Waals surface area contributed by atoms with Crippen molar-refractivity contribution in [1.82, 2.24) is 4.90 Å². The monoisotopic (exact) mass is 353 g/mol. The molecule has 2 aromatic rings. The number of aliphatic imine (C=N–C) groups is 1. The zero-order chi connectivity index (χ0) is 18.0. The van der Waals surface area contributed by atoms with Crippen LogP contribution in [0.15, 0.2) is 58.4 Å². The second-order valence-corrected chi connectivity index (χ2v) is 6.56. The Morgan fingerprint density at radius 2 is 1.76 bits per heavy atom. The van der Waals surface area contributed by atoms with Gasteiger partial charge in [-0.25, -0.2) is 4.99 Å². The van der Waals surface area contributed by atoms with Crippen molar-refractivity contribution in [3.63, 3.8) is 0 Å². The number of nitrogens with zero attached hydrogens (tertiary/aromatic N) is 3. The molecular formula is C18H15N3O3S. The zero-order valence-corrected chi connectivity index (χ0v) is 14.5. The summed E-state index contributed by atoms with van der Waals surface area (Å²) < 4.78 is 0. The number of rotatable bonds is 3. The van der Waals surface area contributed by atoms with Crippen molar-refractivity contribution in [2.75, 3.05) is 7.05 Å². The van der Waals surface area contributed by atoms with Crippen molar-refractivity contribution in [2.24, 2.45) is 4.99 Å². The first kappa shape index (κ1) is 16.9. The number of carbonyl (C=O) groups excluding carboxylic acids is 1. The lowest BCUT2D eigenvalue weighted by atomic mass is 10.2. The van der Waals surface area contributed by atoms with E-state index in [1.54, 1.807) is 25.3 Å². The molecule has 7 heteroatoms. The third kappa shape index (κ3) is 3.77. The molecule has 1 aliphatic heterocycles. The topological polar surface area (TPSA) is 75.8 Å². The number of benzene rings is 2. The van der Waals surface area contributed by atoms with Crippen molar-refractivity contribution in [3.05, 3.63) is 74.7 Å². The van der Waals surface area contributed by atoms with Gasteiger partial charge in [0.15, 0.2) is 5.17 Å². The summed E-state index contributed by atoms with van der Waals surface area (Å²) in [5.41, 5.74) is 2.67. The van der Waals surface area contributed by atoms with Gasteiger partial charge in [0.2, 0.25) is 0 Å². The summed E-state index contributed by atoms with van der Waals surface area (Å²) in [6.07, 6.45) is 1.71. The lowest BCUT2D eigenvalue weighted by Gasteiger charge is -2.07. The third-order valence-electron chi connectivity index (χ3n) is 3.66. The molecule has 0 aliphatic carbocycles. The van der Waals surface area contributed by atoms with Crippen molar-refractivity contribution >= 4 is 40.3 Å². The molecule has 6 nitrogen and oxygen atoms in total. The fourth-order valence-electron chi connectivity index (χ4n) is 2.23. The second kappa shape index (κ2) is 6.90. The van der Waals surface area contributed by atoms with E-state index in [0.29, 0.717) is 10.1 Å². The van der Waals surface area contributed by atoms with Crippen molar-refractivity contribution in [1.29, 1.82) is 0 Å². The van der Waals surface area contributed by atoms with E-state index in [9.17, 15) is 14.9 Å². The minimum absolute atomic E-state index is 0.0197. The smallest absolute Gasteiger partial charge is 0.269 e. The highest BCUT2D eigenvalue weighted by atomic mass is 32.2. The van der Waals surface area contributed by atoms with Crippen LogP contribution in [-0.2, 0) is 4.79 Å². The van der Waals surface area contributed by atoms with E-state index >= 15 is 0 Å². The Kier molecular flexibility index (Phi) is 4.67. The predicted molar refractivity (Wildman–Crippen MR) is 99.7 cm³/mol. The van der Waals surface area contributed by atoms with Crippen LogP contribution in [0.2, 0.25) is 0 Å². The number of amides is 1. The maximum absolute atomic E-state index is 12.4. The minimum Gasteiger partial charge on any atom is -0.290 e. The highest BCUT2D eigenvalue weighted by molar-refractivity contribution is 8.18. The van der Waals surface area contributed by atoms with Gasteiger partial charge in [0.05, 0.1) is 15.5 Å². The van der Waals surface area contributed by atoms with Crippen LogP contribution in [0.5, 0.6) is 0 Å². The van der Waals surface area contributed by atoms with Gasteiger partial charge < -0.3 is 0 Å². The molecule has 0 aromatic heterocycles. The maximum atomic E-state index is 12.4. The minimum atomic E-state index is -0.452. The summed E-state index contributed by atoms with van der Waals surface area (Å²) in [6, 6.07) is 13.8. The average Bonchev–Trinajstić information content (AvgIpc) is 2.85. The molecule has 0 spiro atoms. The first-order valence-electron chi connectivity index (χ1n) is 7.51. The number of hydrogen-bond acceptors (Lipinski definition) is 5. The fourth-order valence-corrected chi connectivity index (χ4v) is 3.21. The Balaban J connectivity index is 1.85. The van der Waals surface area contributed by atoms with Crippen LogP contribution < -0.4 is 0 Å². The summed E-state index contributed by atoms with van der Waals surface area (Å²) in [6.45, 7) is 2.00. The number of hydrogen-bond donors (Lipinski definition) is 0. The van der Waals surface area contributed by atoms with Crippen LogP contribution in [0.25, 0.3) is 6.08 Å². The Bertz CT molecular complexity index is 887. The molecule has 1 heterocycles. The van der Waals surface area contributed by atoms with Crippen LogP contribution in [-0.4, -0.2) is 27.9 Å². The number of thioether (sulfide) groups is 1. The van der Waals surface area contributed by atoms with Crippen molar-refractivity contribution in [2.45, 2.75) is 6.92 Å². The molecule has 3 rings (SSSR count). The van der Waals surface area contributed by atoms with Gasteiger partial charge in [0, 0.05) is 19.2 Å².